The average Bonchev–Trinajstić information content (AvgIpc) is 2.63. The second kappa shape index (κ2) is 12.3. The summed E-state index contributed by atoms with van der Waals surface area (Å²) in [6.07, 6.45) is 1.09. The Morgan fingerprint density at radius 2 is 1.58 bits per heavy atom. The molecule has 0 aliphatic heterocycles. The molecule has 1 atom stereocenters. The van der Waals surface area contributed by atoms with E-state index in [4.69, 9.17) is 9.47 Å². The van der Waals surface area contributed by atoms with Crippen molar-refractivity contribution in [2.24, 2.45) is 5.41 Å². The summed E-state index contributed by atoms with van der Waals surface area (Å²) in [6, 6.07) is 8.85. The molecule has 0 radical (unpaired) electrons. The summed E-state index contributed by atoms with van der Waals surface area (Å²) >= 11 is 0. The summed E-state index contributed by atoms with van der Waals surface area (Å²) in [4.78, 5) is 36.6. The molecule has 0 aliphatic rings. The Morgan fingerprint density at radius 3 is 2.16 bits per heavy atom. The van der Waals surface area contributed by atoms with Crippen molar-refractivity contribution in [3.63, 3.8) is 0 Å². The van der Waals surface area contributed by atoms with Crippen molar-refractivity contribution in [1.82, 2.24) is 10.6 Å². The SMILES string of the molecule is CC(C)(C)CC(=O)C(CCCCNC(=O)OCc1ccccc1)NC(=O)OC(C)(C)C. The van der Waals surface area contributed by atoms with E-state index in [0.29, 0.717) is 32.2 Å². The largest absolute Gasteiger partial charge is 0.445 e. The van der Waals surface area contributed by atoms with E-state index in [1.54, 1.807) is 20.8 Å². The van der Waals surface area contributed by atoms with Crippen LogP contribution in [0.2, 0.25) is 0 Å². The maximum atomic E-state index is 12.7. The molecule has 174 valence electrons. The quantitative estimate of drug-likeness (QED) is 0.507. The van der Waals surface area contributed by atoms with E-state index in [1.165, 1.54) is 0 Å². The molecular weight excluding hydrogens is 396 g/mol. The highest BCUT2D eigenvalue weighted by molar-refractivity contribution is 5.87. The number of rotatable bonds is 10. The third kappa shape index (κ3) is 13.4. The first-order chi connectivity index (χ1) is 14.4. The fourth-order valence-corrected chi connectivity index (χ4v) is 2.85. The summed E-state index contributed by atoms with van der Waals surface area (Å²) in [5.74, 6) is -0.0198. The number of hydrogen-bond donors (Lipinski definition) is 2. The van der Waals surface area contributed by atoms with Gasteiger partial charge >= 0.3 is 12.2 Å². The predicted octanol–water partition coefficient (Wildman–Crippen LogP) is 4.98. The van der Waals surface area contributed by atoms with Crippen molar-refractivity contribution < 1.29 is 23.9 Å². The average molecular weight is 435 g/mol. The minimum atomic E-state index is -0.633. The van der Waals surface area contributed by atoms with Gasteiger partial charge in [-0.15, -0.1) is 0 Å². The lowest BCUT2D eigenvalue weighted by Crippen LogP contribution is -2.44. The van der Waals surface area contributed by atoms with Gasteiger partial charge in [-0.2, -0.15) is 0 Å². The van der Waals surface area contributed by atoms with Crippen LogP contribution in [0.1, 0.15) is 72.8 Å². The first kappa shape index (κ1) is 26.5. The van der Waals surface area contributed by atoms with Crippen LogP contribution in [-0.4, -0.2) is 36.2 Å². The van der Waals surface area contributed by atoms with Crippen molar-refractivity contribution in [1.29, 1.82) is 0 Å². The number of hydrogen-bond acceptors (Lipinski definition) is 5. The Bertz CT molecular complexity index is 705. The molecule has 1 aromatic carbocycles. The van der Waals surface area contributed by atoms with E-state index in [2.05, 4.69) is 10.6 Å². The molecule has 2 amide bonds. The summed E-state index contributed by atoms with van der Waals surface area (Å²) in [7, 11) is 0. The van der Waals surface area contributed by atoms with Gasteiger partial charge in [-0.05, 0) is 51.0 Å². The number of unbranched alkanes of at least 4 members (excludes halogenated alkanes) is 1. The zero-order valence-corrected chi connectivity index (χ0v) is 19.7. The third-order valence-electron chi connectivity index (χ3n) is 4.19. The molecule has 0 aromatic heterocycles. The number of amides is 2. The molecule has 1 unspecified atom stereocenters. The van der Waals surface area contributed by atoms with E-state index in [0.717, 1.165) is 5.56 Å². The lowest BCUT2D eigenvalue weighted by atomic mass is 9.87. The Balaban J connectivity index is 2.42. The van der Waals surface area contributed by atoms with E-state index in [1.807, 2.05) is 51.1 Å². The van der Waals surface area contributed by atoms with Gasteiger partial charge in [0.25, 0.3) is 0 Å². The van der Waals surface area contributed by atoms with Gasteiger partial charge in [0.15, 0.2) is 5.78 Å². The molecule has 1 aromatic rings. The van der Waals surface area contributed by atoms with Crippen LogP contribution >= 0.6 is 0 Å². The molecule has 0 saturated heterocycles. The lowest BCUT2D eigenvalue weighted by Gasteiger charge is -2.25. The fourth-order valence-electron chi connectivity index (χ4n) is 2.85. The number of nitrogens with one attached hydrogen (secondary N) is 2. The first-order valence-electron chi connectivity index (χ1n) is 10.8. The van der Waals surface area contributed by atoms with Gasteiger partial charge in [-0.25, -0.2) is 9.59 Å². The molecule has 1 rings (SSSR count). The molecule has 0 spiro atoms. The normalized spacial score (nSPS) is 12.6. The molecule has 0 saturated carbocycles. The van der Waals surface area contributed by atoms with Gasteiger partial charge in [0.2, 0.25) is 0 Å². The van der Waals surface area contributed by atoms with Crippen LogP contribution in [0.5, 0.6) is 0 Å². The number of alkyl carbamates (subject to hydrolysis) is 2. The van der Waals surface area contributed by atoms with Crippen molar-refractivity contribution in [3.8, 4) is 0 Å². The highest BCUT2D eigenvalue weighted by Gasteiger charge is 2.27. The van der Waals surface area contributed by atoms with E-state index >= 15 is 0 Å². The zero-order chi connectivity index (χ0) is 23.5. The van der Waals surface area contributed by atoms with Gasteiger partial charge in [-0.1, -0.05) is 51.1 Å². The molecule has 0 fully saturated rings. The Hall–Kier alpha value is -2.57. The lowest BCUT2D eigenvalue weighted by molar-refractivity contribution is -0.123. The molecule has 0 bridgehead atoms. The van der Waals surface area contributed by atoms with Crippen LogP contribution in [-0.2, 0) is 20.9 Å². The summed E-state index contributed by atoms with van der Waals surface area (Å²) in [6.45, 7) is 11.9. The summed E-state index contributed by atoms with van der Waals surface area (Å²) in [5.41, 5.74) is 0.117. The van der Waals surface area contributed by atoms with Gasteiger partial charge in [0.1, 0.15) is 12.2 Å². The van der Waals surface area contributed by atoms with E-state index in [-0.39, 0.29) is 17.8 Å². The zero-order valence-electron chi connectivity index (χ0n) is 19.7. The van der Waals surface area contributed by atoms with Crippen molar-refractivity contribution in [3.05, 3.63) is 35.9 Å². The number of benzene rings is 1. The topological polar surface area (TPSA) is 93.7 Å². The standard InChI is InChI=1S/C24H38N2O5/c1-23(2,3)16-20(27)19(26-22(29)31-24(4,5)6)14-10-11-15-25-21(28)30-17-18-12-8-7-9-13-18/h7-9,12-13,19H,10-11,14-17H2,1-6H3,(H,25,28)(H,26,29). The van der Waals surface area contributed by atoms with Crippen LogP contribution < -0.4 is 10.6 Å². The monoisotopic (exact) mass is 434 g/mol. The second-order valence-electron chi connectivity index (χ2n) is 9.89. The summed E-state index contributed by atoms with van der Waals surface area (Å²) in [5, 5.41) is 5.42. The Labute approximate surface area is 186 Å². The Kier molecular flexibility index (Phi) is 10.5. The summed E-state index contributed by atoms with van der Waals surface area (Å²) < 4.78 is 10.5. The molecule has 0 aliphatic carbocycles. The first-order valence-corrected chi connectivity index (χ1v) is 10.8. The van der Waals surface area contributed by atoms with Crippen LogP contribution in [0.4, 0.5) is 9.59 Å². The maximum absolute atomic E-state index is 12.7. The van der Waals surface area contributed by atoms with Gasteiger partial charge in [0, 0.05) is 13.0 Å². The number of ketones is 1. The molecule has 7 heteroatoms. The minimum Gasteiger partial charge on any atom is -0.445 e. The maximum Gasteiger partial charge on any atom is 0.408 e. The highest BCUT2D eigenvalue weighted by atomic mass is 16.6. The minimum absolute atomic E-state index is 0.0198. The highest BCUT2D eigenvalue weighted by Crippen LogP contribution is 2.21. The fraction of sp³-hybridized carbons (Fsp3) is 0.625. The van der Waals surface area contributed by atoms with Crippen molar-refractivity contribution in [2.75, 3.05) is 6.54 Å². The van der Waals surface area contributed by atoms with Crippen molar-refractivity contribution in [2.45, 2.75) is 85.5 Å². The Morgan fingerprint density at radius 1 is 0.935 bits per heavy atom. The van der Waals surface area contributed by atoms with Gasteiger partial charge in [0.05, 0.1) is 6.04 Å². The third-order valence-corrected chi connectivity index (χ3v) is 4.19. The van der Waals surface area contributed by atoms with Gasteiger partial charge in [-0.3, -0.25) is 4.79 Å². The second-order valence-corrected chi connectivity index (χ2v) is 9.89. The van der Waals surface area contributed by atoms with Gasteiger partial charge < -0.3 is 20.1 Å². The van der Waals surface area contributed by atoms with Crippen LogP contribution in [0.3, 0.4) is 0 Å². The molecule has 0 heterocycles. The van der Waals surface area contributed by atoms with Crippen LogP contribution in [0.15, 0.2) is 30.3 Å². The van der Waals surface area contributed by atoms with Crippen LogP contribution in [0.25, 0.3) is 0 Å². The number of carbonyl (C=O) groups excluding carboxylic acids is 3. The van der Waals surface area contributed by atoms with Crippen molar-refractivity contribution >= 4 is 18.0 Å². The number of ether oxygens (including phenoxy) is 2. The molecular formula is C24H38N2O5. The van der Waals surface area contributed by atoms with E-state index < -0.39 is 23.8 Å². The smallest absolute Gasteiger partial charge is 0.408 e. The number of carbonyl (C=O) groups is 3. The number of Topliss-reactive ketones (excluding diaryl/α,β-unsaturated/α-hetero) is 1. The molecule has 31 heavy (non-hydrogen) atoms. The molecule has 2 N–H and O–H groups in total. The predicted molar refractivity (Wildman–Crippen MR) is 121 cm³/mol. The van der Waals surface area contributed by atoms with Crippen LogP contribution in [0, 0.1) is 5.41 Å². The molecule has 7 nitrogen and oxygen atoms in total. The van der Waals surface area contributed by atoms with E-state index in [9.17, 15) is 14.4 Å².